The van der Waals surface area contributed by atoms with Gasteiger partial charge in [-0.1, -0.05) is 20.3 Å². The quantitative estimate of drug-likeness (QED) is 0.442. The number of aliphatic hydroxyl groups excluding tert-OH is 4. The van der Waals surface area contributed by atoms with Gasteiger partial charge < -0.3 is 20.4 Å². The fourth-order valence-electron chi connectivity index (χ4n) is 0. The summed E-state index contributed by atoms with van der Waals surface area (Å²) in [6.45, 7) is 3.75. The van der Waals surface area contributed by atoms with Crippen LogP contribution >= 0.6 is 0 Å². The van der Waals surface area contributed by atoms with Gasteiger partial charge in [0.2, 0.25) is 0 Å². The maximum atomic E-state index is 7.62. The van der Waals surface area contributed by atoms with E-state index in [9.17, 15) is 0 Å². The SMILES string of the molecule is CCC.OCCO.OCCO. The molecule has 0 radical (unpaired) electrons. The average Bonchev–Trinajstić information content (AvgIpc) is 2.06. The van der Waals surface area contributed by atoms with Gasteiger partial charge in [-0.05, 0) is 0 Å². The number of hydrogen-bond donors (Lipinski definition) is 4. The summed E-state index contributed by atoms with van der Waals surface area (Å²) in [5.41, 5.74) is 0. The molecule has 0 rings (SSSR count). The van der Waals surface area contributed by atoms with Crippen molar-refractivity contribution in [2.24, 2.45) is 0 Å². The Labute approximate surface area is 68.1 Å². The Hall–Kier alpha value is -0.160. The van der Waals surface area contributed by atoms with E-state index in [4.69, 9.17) is 20.4 Å². The Morgan fingerprint density at radius 2 is 0.727 bits per heavy atom. The first-order valence-electron chi connectivity index (χ1n) is 3.68. The second-order valence-corrected chi connectivity index (χ2v) is 1.60. The first-order chi connectivity index (χ1) is 5.24. The molecule has 0 aromatic carbocycles. The van der Waals surface area contributed by atoms with Crippen LogP contribution in [-0.2, 0) is 0 Å². The summed E-state index contributed by atoms with van der Waals surface area (Å²) in [4.78, 5) is 0. The Kier molecular flexibility index (Phi) is 51.0. The first kappa shape index (κ1) is 17.1. The predicted octanol–water partition coefficient (Wildman–Crippen LogP) is -0.642. The molecular weight excluding hydrogens is 148 g/mol. The molecule has 4 heteroatoms. The zero-order valence-electron chi connectivity index (χ0n) is 7.32. The second kappa shape index (κ2) is 32.8. The van der Waals surface area contributed by atoms with Crippen LogP contribution in [0, 0.1) is 0 Å². The first-order valence-corrected chi connectivity index (χ1v) is 3.68. The summed E-state index contributed by atoms with van der Waals surface area (Å²) < 4.78 is 0. The Morgan fingerprint density at radius 3 is 0.727 bits per heavy atom. The molecule has 0 fully saturated rings. The lowest BCUT2D eigenvalue weighted by Gasteiger charge is -1.70. The molecule has 0 aromatic heterocycles. The molecule has 0 aliphatic heterocycles. The number of aliphatic hydroxyl groups is 4. The monoisotopic (exact) mass is 168 g/mol. The number of hydrogen-bond acceptors (Lipinski definition) is 4. The van der Waals surface area contributed by atoms with Gasteiger partial charge in [-0.3, -0.25) is 0 Å². The zero-order valence-corrected chi connectivity index (χ0v) is 7.32. The van der Waals surface area contributed by atoms with Crippen molar-refractivity contribution in [2.45, 2.75) is 20.3 Å². The van der Waals surface area contributed by atoms with E-state index in [1.165, 1.54) is 6.42 Å². The van der Waals surface area contributed by atoms with Crippen molar-refractivity contribution in [1.29, 1.82) is 0 Å². The maximum Gasteiger partial charge on any atom is 0.0662 e. The molecule has 11 heavy (non-hydrogen) atoms. The van der Waals surface area contributed by atoms with Gasteiger partial charge in [-0.25, -0.2) is 0 Å². The van der Waals surface area contributed by atoms with Crippen LogP contribution in [0.1, 0.15) is 20.3 Å². The van der Waals surface area contributed by atoms with Crippen molar-refractivity contribution in [3.63, 3.8) is 0 Å². The van der Waals surface area contributed by atoms with Crippen molar-refractivity contribution >= 4 is 0 Å². The van der Waals surface area contributed by atoms with E-state index in [0.717, 1.165) is 0 Å². The summed E-state index contributed by atoms with van der Waals surface area (Å²) in [5.74, 6) is 0. The van der Waals surface area contributed by atoms with Crippen LogP contribution in [0.25, 0.3) is 0 Å². The molecule has 0 bridgehead atoms. The molecule has 0 aromatic rings. The van der Waals surface area contributed by atoms with E-state index in [0.29, 0.717) is 0 Å². The van der Waals surface area contributed by atoms with Crippen molar-refractivity contribution in [1.82, 2.24) is 0 Å². The van der Waals surface area contributed by atoms with E-state index in [1.807, 2.05) is 0 Å². The van der Waals surface area contributed by atoms with E-state index in [1.54, 1.807) is 0 Å². The van der Waals surface area contributed by atoms with Crippen LogP contribution in [0.15, 0.2) is 0 Å². The normalized spacial score (nSPS) is 7.09. The smallest absolute Gasteiger partial charge is 0.0662 e. The number of rotatable bonds is 2. The van der Waals surface area contributed by atoms with Crippen molar-refractivity contribution in [2.75, 3.05) is 26.4 Å². The summed E-state index contributed by atoms with van der Waals surface area (Å²) in [6.07, 6.45) is 1.25. The van der Waals surface area contributed by atoms with Crippen molar-refractivity contribution in [3.8, 4) is 0 Å². The van der Waals surface area contributed by atoms with Crippen LogP contribution in [0.4, 0.5) is 0 Å². The van der Waals surface area contributed by atoms with Crippen LogP contribution < -0.4 is 0 Å². The standard InChI is InChI=1S/C3H8.2C2H6O2/c1-3-2;2*3-1-2-4/h3H2,1-2H3;2*3-4H,1-2H2. The van der Waals surface area contributed by atoms with E-state index >= 15 is 0 Å². The minimum Gasteiger partial charge on any atom is -0.394 e. The van der Waals surface area contributed by atoms with Crippen molar-refractivity contribution in [3.05, 3.63) is 0 Å². The highest BCUT2D eigenvalue weighted by Crippen LogP contribution is 1.56. The summed E-state index contributed by atoms with van der Waals surface area (Å²) in [5, 5.41) is 30.5. The van der Waals surface area contributed by atoms with Gasteiger partial charge in [0.1, 0.15) is 0 Å². The minimum absolute atomic E-state index is 0.125. The third-order valence-corrected chi connectivity index (χ3v) is 0.200. The molecule has 0 saturated heterocycles. The Morgan fingerprint density at radius 1 is 0.636 bits per heavy atom. The summed E-state index contributed by atoms with van der Waals surface area (Å²) >= 11 is 0. The third kappa shape index (κ3) is 179. The maximum absolute atomic E-state index is 7.62. The highest BCUT2D eigenvalue weighted by Gasteiger charge is 1.58. The molecule has 72 valence electrons. The molecule has 0 aliphatic rings. The molecule has 4 nitrogen and oxygen atoms in total. The van der Waals surface area contributed by atoms with Gasteiger partial charge in [0.25, 0.3) is 0 Å². The summed E-state index contributed by atoms with van der Waals surface area (Å²) in [6, 6.07) is 0. The fraction of sp³-hybridized carbons (Fsp3) is 1.00. The van der Waals surface area contributed by atoms with E-state index in [2.05, 4.69) is 13.8 Å². The molecule has 0 heterocycles. The lowest BCUT2D eigenvalue weighted by molar-refractivity contribution is 0.186. The largest absolute Gasteiger partial charge is 0.394 e. The van der Waals surface area contributed by atoms with Gasteiger partial charge in [0.05, 0.1) is 26.4 Å². The van der Waals surface area contributed by atoms with Gasteiger partial charge in [0.15, 0.2) is 0 Å². The fourth-order valence-corrected chi connectivity index (χ4v) is 0. The molecule has 4 N–H and O–H groups in total. The van der Waals surface area contributed by atoms with Gasteiger partial charge in [-0.15, -0.1) is 0 Å². The molecule has 0 atom stereocenters. The molecule has 0 aliphatic carbocycles. The van der Waals surface area contributed by atoms with Gasteiger partial charge >= 0.3 is 0 Å². The lowest BCUT2D eigenvalue weighted by atomic mass is 10.6. The highest BCUT2D eigenvalue weighted by molar-refractivity contribution is 4.07. The molecule has 0 saturated carbocycles. The molecular formula is C7H20O4. The van der Waals surface area contributed by atoms with E-state index in [-0.39, 0.29) is 26.4 Å². The second-order valence-electron chi connectivity index (χ2n) is 1.60. The lowest BCUT2D eigenvalue weighted by Crippen LogP contribution is -1.85. The third-order valence-electron chi connectivity index (χ3n) is 0.200. The molecule has 0 spiro atoms. The average molecular weight is 168 g/mol. The van der Waals surface area contributed by atoms with Crippen LogP contribution in [-0.4, -0.2) is 46.9 Å². The Balaban J connectivity index is -0.0000000886. The molecule has 0 amide bonds. The van der Waals surface area contributed by atoms with Crippen LogP contribution in [0.2, 0.25) is 0 Å². The highest BCUT2D eigenvalue weighted by atomic mass is 16.3. The van der Waals surface area contributed by atoms with Crippen molar-refractivity contribution < 1.29 is 20.4 Å². The van der Waals surface area contributed by atoms with E-state index < -0.39 is 0 Å². The molecule has 0 unspecified atom stereocenters. The van der Waals surface area contributed by atoms with Gasteiger partial charge in [-0.2, -0.15) is 0 Å². The summed E-state index contributed by atoms with van der Waals surface area (Å²) in [7, 11) is 0. The van der Waals surface area contributed by atoms with Gasteiger partial charge in [0, 0.05) is 0 Å². The predicted molar refractivity (Wildman–Crippen MR) is 44.3 cm³/mol. The topological polar surface area (TPSA) is 80.9 Å². The van der Waals surface area contributed by atoms with Crippen LogP contribution in [0.5, 0.6) is 0 Å². The zero-order chi connectivity index (χ0) is 9.54. The Bertz CT molecular complexity index is 25.6. The van der Waals surface area contributed by atoms with Crippen LogP contribution in [0.3, 0.4) is 0 Å². The minimum atomic E-state index is -0.125.